The highest BCUT2D eigenvalue weighted by molar-refractivity contribution is 7.92. The summed E-state index contributed by atoms with van der Waals surface area (Å²) in [5.41, 5.74) is 5.82. The molecule has 0 bridgehead atoms. The van der Waals surface area contributed by atoms with Crippen molar-refractivity contribution in [1.29, 1.82) is 0 Å². The maximum absolute atomic E-state index is 13.0. The Labute approximate surface area is 110 Å². The van der Waals surface area contributed by atoms with Gasteiger partial charge >= 0.3 is 0 Å². The molecule has 0 aliphatic carbocycles. The van der Waals surface area contributed by atoms with Gasteiger partial charge in [0, 0.05) is 6.20 Å². The van der Waals surface area contributed by atoms with Crippen LogP contribution in [0.5, 0.6) is 0 Å². The Morgan fingerprint density at radius 1 is 1.32 bits per heavy atom. The van der Waals surface area contributed by atoms with Gasteiger partial charge < -0.3 is 5.73 Å². The Morgan fingerprint density at radius 3 is 2.68 bits per heavy atom. The predicted octanol–water partition coefficient (Wildman–Crippen LogP) is 1.91. The monoisotopic (exact) mass is 281 g/mol. The number of pyridine rings is 1. The first-order chi connectivity index (χ1) is 8.90. The van der Waals surface area contributed by atoms with E-state index in [4.69, 9.17) is 5.73 Å². The lowest BCUT2D eigenvalue weighted by Crippen LogP contribution is -2.15. The molecule has 0 atom stereocenters. The number of rotatable bonds is 3. The summed E-state index contributed by atoms with van der Waals surface area (Å²) in [5.74, 6) is -0.432. The number of hydrogen-bond donors (Lipinski definition) is 2. The number of nitrogens with one attached hydrogen (secondary N) is 1. The summed E-state index contributed by atoms with van der Waals surface area (Å²) in [4.78, 5) is 3.82. The van der Waals surface area contributed by atoms with Gasteiger partial charge in [0.15, 0.2) is 0 Å². The van der Waals surface area contributed by atoms with Crippen LogP contribution in [-0.4, -0.2) is 13.4 Å². The van der Waals surface area contributed by atoms with Crippen LogP contribution < -0.4 is 10.5 Å². The lowest BCUT2D eigenvalue weighted by Gasteiger charge is -2.09. The van der Waals surface area contributed by atoms with Crippen LogP contribution in [-0.2, 0) is 10.0 Å². The predicted molar refractivity (Wildman–Crippen MR) is 70.6 cm³/mol. The van der Waals surface area contributed by atoms with Crippen molar-refractivity contribution in [2.45, 2.75) is 11.8 Å². The van der Waals surface area contributed by atoms with E-state index in [-0.39, 0.29) is 16.4 Å². The number of benzene rings is 1. The second-order valence-electron chi connectivity index (χ2n) is 3.96. The minimum Gasteiger partial charge on any atom is -0.396 e. The van der Waals surface area contributed by atoms with Crippen LogP contribution in [0.3, 0.4) is 0 Å². The minimum absolute atomic E-state index is 0.114. The number of sulfonamides is 1. The molecule has 3 N–H and O–H groups in total. The molecule has 2 aromatic rings. The van der Waals surface area contributed by atoms with E-state index in [2.05, 4.69) is 9.71 Å². The summed E-state index contributed by atoms with van der Waals surface area (Å²) < 4.78 is 39.5. The topological polar surface area (TPSA) is 85.1 Å². The molecule has 1 aromatic carbocycles. The van der Waals surface area contributed by atoms with Crippen LogP contribution in [0.4, 0.5) is 15.9 Å². The van der Waals surface area contributed by atoms with Gasteiger partial charge in [-0.25, -0.2) is 17.8 Å². The normalized spacial score (nSPS) is 11.3. The third-order valence-electron chi connectivity index (χ3n) is 2.52. The van der Waals surface area contributed by atoms with Crippen LogP contribution in [0.25, 0.3) is 0 Å². The van der Waals surface area contributed by atoms with Crippen LogP contribution >= 0.6 is 0 Å². The maximum atomic E-state index is 13.0. The van der Waals surface area contributed by atoms with Crippen molar-refractivity contribution in [2.24, 2.45) is 0 Å². The van der Waals surface area contributed by atoms with E-state index >= 15 is 0 Å². The molecule has 0 saturated heterocycles. The van der Waals surface area contributed by atoms with Crippen LogP contribution in [0.15, 0.2) is 41.4 Å². The van der Waals surface area contributed by atoms with Gasteiger partial charge in [0.1, 0.15) is 11.6 Å². The second kappa shape index (κ2) is 4.85. The Balaban J connectivity index is 2.38. The van der Waals surface area contributed by atoms with E-state index in [1.165, 1.54) is 6.20 Å². The summed E-state index contributed by atoms with van der Waals surface area (Å²) in [6.07, 6.45) is 1.48. The average Bonchev–Trinajstić information content (AvgIpc) is 2.35. The minimum atomic E-state index is -3.83. The Morgan fingerprint density at radius 2 is 2.05 bits per heavy atom. The Kier molecular flexibility index (Phi) is 3.39. The van der Waals surface area contributed by atoms with Crippen molar-refractivity contribution < 1.29 is 12.8 Å². The molecule has 19 heavy (non-hydrogen) atoms. The molecule has 0 amide bonds. The molecule has 1 heterocycles. The number of anilines is 2. The zero-order valence-corrected chi connectivity index (χ0v) is 10.9. The number of halogens is 1. The van der Waals surface area contributed by atoms with Gasteiger partial charge in [-0.3, -0.25) is 4.72 Å². The first-order valence-corrected chi connectivity index (χ1v) is 6.88. The smallest absolute Gasteiger partial charge is 0.263 e. The molecular formula is C12H12FN3O2S. The van der Waals surface area contributed by atoms with Crippen molar-refractivity contribution in [3.05, 3.63) is 47.9 Å². The Hall–Kier alpha value is -2.15. The van der Waals surface area contributed by atoms with Crippen molar-refractivity contribution in [2.75, 3.05) is 10.5 Å². The van der Waals surface area contributed by atoms with Gasteiger partial charge in [-0.2, -0.15) is 0 Å². The highest BCUT2D eigenvalue weighted by Crippen LogP contribution is 2.20. The molecule has 0 saturated carbocycles. The van der Waals surface area contributed by atoms with Crippen LogP contribution in [0.1, 0.15) is 5.56 Å². The summed E-state index contributed by atoms with van der Waals surface area (Å²) in [5, 5.41) is 0. The molecule has 0 unspecified atom stereocenters. The van der Waals surface area contributed by atoms with Gasteiger partial charge in [-0.05, 0) is 36.8 Å². The fraction of sp³-hybridized carbons (Fsp3) is 0.0833. The van der Waals surface area contributed by atoms with Crippen LogP contribution in [0.2, 0.25) is 0 Å². The van der Waals surface area contributed by atoms with Gasteiger partial charge in [0.05, 0.1) is 10.6 Å². The molecule has 5 nitrogen and oxygen atoms in total. The summed E-state index contributed by atoms with van der Waals surface area (Å²) in [6, 6.07) is 6.64. The summed E-state index contributed by atoms with van der Waals surface area (Å²) in [7, 11) is -3.83. The van der Waals surface area contributed by atoms with Gasteiger partial charge in [0.25, 0.3) is 10.0 Å². The standard InChI is InChI=1S/C12H12FN3O2S/c1-8-3-2-6-15-12(8)16-19(17,18)9-4-5-10(13)11(14)7-9/h2-7H,14H2,1H3,(H,15,16). The van der Waals surface area contributed by atoms with Gasteiger partial charge in [-0.15, -0.1) is 0 Å². The average molecular weight is 281 g/mol. The number of hydrogen-bond acceptors (Lipinski definition) is 4. The third-order valence-corrected chi connectivity index (χ3v) is 3.85. The first-order valence-electron chi connectivity index (χ1n) is 5.39. The SMILES string of the molecule is Cc1cccnc1NS(=O)(=O)c1ccc(F)c(N)c1. The van der Waals surface area contributed by atoms with E-state index in [1.54, 1.807) is 19.1 Å². The molecule has 0 aliphatic rings. The zero-order valence-electron chi connectivity index (χ0n) is 10.1. The van der Waals surface area contributed by atoms with E-state index in [1.807, 2.05) is 0 Å². The lowest BCUT2D eigenvalue weighted by molar-refractivity contribution is 0.600. The number of nitrogens with zero attached hydrogens (tertiary/aromatic N) is 1. The van der Waals surface area contributed by atoms with E-state index in [0.29, 0.717) is 5.56 Å². The molecular weight excluding hydrogens is 269 g/mol. The van der Waals surface area contributed by atoms with Crippen molar-refractivity contribution in [1.82, 2.24) is 4.98 Å². The van der Waals surface area contributed by atoms with Gasteiger partial charge in [-0.1, -0.05) is 6.07 Å². The number of nitrogen functional groups attached to an aromatic ring is 1. The van der Waals surface area contributed by atoms with Gasteiger partial charge in [0.2, 0.25) is 0 Å². The number of aryl methyl sites for hydroxylation is 1. The highest BCUT2D eigenvalue weighted by Gasteiger charge is 2.17. The van der Waals surface area contributed by atoms with Crippen molar-refractivity contribution in [3.63, 3.8) is 0 Å². The zero-order chi connectivity index (χ0) is 14.0. The van der Waals surface area contributed by atoms with Crippen molar-refractivity contribution >= 4 is 21.5 Å². The summed E-state index contributed by atoms with van der Waals surface area (Å²) in [6.45, 7) is 1.73. The lowest BCUT2D eigenvalue weighted by atomic mass is 10.3. The molecule has 0 spiro atoms. The van der Waals surface area contributed by atoms with E-state index in [9.17, 15) is 12.8 Å². The van der Waals surface area contributed by atoms with E-state index in [0.717, 1.165) is 18.2 Å². The highest BCUT2D eigenvalue weighted by atomic mass is 32.2. The molecule has 2 rings (SSSR count). The molecule has 0 radical (unpaired) electrons. The fourth-order valence-electron chi connectivity index (χ4n) is 1.47. The molecule has 0 fully saturated rings. The summed E-state index contributed by atoms with van der Waals surface area (Å²) >= 11 is 0. The van der Waals surface area contributed by atoms with Crippen LogP contribution in [0, 0.1) is 12.7 Å². The molecule has 0 aliphatic heterocycles. The Bertz CT molecular complexity index is 717. The third kappa shape index (κ3) is 2.82. The first kappa shape index (κ1) is 13.3. The van der Waals surface area contributed by atoms with E-state index < -0.39 is 15.8 Å². The largest absolute Gasteiger partial charge is 0.396 e. The molecule has 7 heteroatoms. The quantitative estimate of drug-likeness (QED) is 0.842. The fourth-order valence-corrected chi connectivity index (χ4v) is 2.58. The number of nitrogens with two attached hydrogens (primary N) is 1. The maximum Gasteiger partial charge on any atom is 0.263 e. The molecule has 100 valence electrons. The van der Waals surface area contributed by atoms with Crippen molar-refractivity contribution in [3.8, 4) is 0 Å². The molecule has 1 aromatic heterocycles. The second-order valence-corrected chi connectivity index (χ2v) is 5.64. The number of aromatic nitrogens is 1.